The van der Waals surface area contributed by atoms with Gasteiger partial charge in [-0.25, -0.2) is 0 Å². The molecule has 0 spiro atoms. The summed E-state index contributed by atoms with van der Waals surface area (Å²) >= 11 is 0. The summed E-state index contributed by atoms with van der Waals surface area (Å²) in [6, 6.07) is 15.5. The third-order valence-electron chi connectivity index (χ3n) is 4.40. The van der Waals surface area contributed by atoms with Crippen LogP contribution in [0.4, 0.5) is 13.2 Å². The molecular formula is C19H21ClF3NO. The van der Waals surface area contributed by atoms with Gasteiger partial charge in [-0.3, -0.25) is 0 Å². The summed E-state index contributed by atoms with van der Waals surface area (Å²) in [5, 5.41) is 3.27. The van der Waals surface area contributed by atoms with E-state index in [0.717, 1.165) is 18.2 Å². The number of ether oxygens (including phenoxy) is 1. The highest BCUT2D eigenvalue weighted by Gasteiger charge is 2.35. The van der Waals surface area contributed by atoms with Gasteiger partial charge in [-0.05, 0) is 23.6 Å². The smallest absolute Gasteiger partial charge is 0.375 e. The Morgan fingerprint density at radius 2 is 1.72 bits per heavy atom. The zero-order chi connectivity index (χ0) is 17.0. The maximum atomic E-state index is 13.3. The van der Waals surface area contributed by atoms with Crippen molar-refractivity contribution in [3.8, 4) is 0 Å². The van der Waals surface area contributed by atoms with Crippen LogP contribution in [0.3, 0.4) is 0 Å². The minimum Gasteiger partial charge on any atom is -0.375 e. The third kappa shape index (κ3) is 4.97. The summed E-state index contributed by atoms with van der Waals surface area (Å²) in [6.45, 7) is 2.00. The average molecular weight is 372 g/mol. The van der Waals surface area contributed by atoms with E-state index in [-0.39, 0.29) is 24.4 Å². The van der Waals surface area contributed by atoms with Crippen LogP contribution in [0.5, 0.6) is 0 Å². The monoisotopic (exact) mass is 371 g/mol. The largest absolute Gasteiger partial charge is 0.416 e. The van der Waals surface area contributed by atoms with Gasteiger partial charge in [0, 0.05) is 19.0 Å². The maximum absolute atomic E-state index is 13.3. The van der Waals surface area contributed by atoms with E-state index >= 15 is 0 Å². The number of rotatable bonds is 4. The number of alkyl halides is 3. The predicted octanol–water partition coefficient (Wildman–Crippen LogP) is 4.44. The Morgan fingerprint density at radius 1 is 1.04 bits per heavy atom. The van der Waals surface area contributed by atoms with Crippen molar-refractivity contribution in [2.45, 2.75) is 24.6 Å². The van der Waals surface area contributed by atoms with E-state index in [9.17, 15) is 13.2 Å². The number of morpholine rings is 1. The molecule has 2 aromatic rings. The summed E-state index contributed by atoms with van der Waals surface area (Å²) in [6.07, 6.45) is -4.18. The highest BCUT2D eigenvalue weighted by Crippen LogP contribution is 2.35. The van der Waals surface area contributed by atoms with Gasteiger partial charge in [0.2, 0.25) is 0 Å². The van der Waals surface area contributed by atoms with Crippen molar-refractivity contribution in [3.05, 3.63) is 71.3 Å². The topological polar surface area (TPSA) is 21.3 Å². The van der Waals surface area contributed by atoms with Gasteiger partial charge in [0.05, 0.1) is 18.3 Å². The Bertz CT molecular complexity index is 657. The normalized spacial score (nSPS) is 19.1. The summed E-state index contributed by atoms with van der Waals surface area (Å²) in [5.74, 6) is -0.123. The average Bonchev–Trinajstić information content (AvgIpc) is 2.61. The number of hydrogen-bond acceptors (Lipinski definition) is 2. The zero-order valence-corrected chi connectivity index (χ0v) is 14.4. The molecule has 1 heterocycles. The van der Waals surface area contributed by atoms with Gasteiger partial charge >= 0.3 is 6.18 Å². The lowest BCUT2D eigenvalue weighted by atomic mass is 9.85. The van der Waals surface area contributed by atoms with Gasteiger partial charge in [-0.15, -0.1) is 12.4 Å². The van der Waals surface area contributed by atoms with Gasteiger partial charge < -0.3 is 10.1 Å². The van der Waals surface area contributed by atoms with E-state index in [1.54, 1.807) is 12.1 Å². The Morgan fingerprint density at radius 3 is 2.36 bits per heavy atom. The Labute approximate surface area is 151 Å². The number of hydrogen-bond donors (Lipinski definition) is 1. The van der Waals surface area contributed by atoms with Crippen molar-refractivity contribution >= 4 is 12.4 Å². The third-order valence-corrected chi connectivity index (χ3v) is 4.40. The van der Waals surface area contributed by atoms with E-state index < -0.39 is 11.7 Å². The molecule has 0 aliphatic carbocycles. The molecule has 0 saturated carbocycles. The number of nitrogens with one attached hydrogen (secondary N) is 1. The van der Waals surface area contributed by atoms with Gasteiger partial charge in [0.25, 0.3) is 0 Å². The molecule has 2 nitrogen and oxygen atoms in total. The molecule has 136 valence electrons. The van der Waals surface area contributed by atoms with Gasteiger partial charge in [-0.1, -0.05) is 48.5 Å². The van der Waals surface area contributed by atoms with Crippen LogP contribution in [-0.2, 0) is 17.3 Å². The van der Waals surface area contributed by atoms with Crippen molar-refractivity contribution in [2.24, 2.45) is 0 Å². The van der Waals surface area contributed by atoms with Crippen molar-refractivity contribution in [2.75, 3.05) is 19.7 Å². The SMILES string of the molecule is Cl.FC(F)(F)c1ccccc1C[C@@H](c1ccccc1)[C@@H]1CNCCO1. The maximum Gasteiger partial charge on any atom is 0.416 e. The van der Waals surface area contributed by atoms with E-state index in [1.807, 2.05) is 30.3 Å². The molecule has 2 aromatic carbocycles. The second-order valence-corrected chi connectivity index (χ2v) is 5.99. The standard InChI is InChI=1S/C19H20F3NO.ClH/c20-19(21,22)17-9-5-4-8-15(17)12-16(14-6-2-1-3-7-14)18-13-23-10-11-24-18;/h1-9,16,18,23H,10-13H2;1H/t16-,18-;/m0./s1. The molecule has 1 aliphatic rings. The number of halogens is 4. The van der Waals surface area contributed by atoms with Crippen LogP contribution in [0.1, 0.15) is 22.6 Å². The van der Waals surface area contributed by atoms with Crippen molar-refractivity contribution in [1.82, 2.24) is 5.32 Å². The van der Waals surface area contributed by atoms with Crippen LogP contribution in [0.15, 0.2) is 54.6 Å². The first-order valence-electron chi connectivity index (χ1n) is 8.08. The Kier molecular flexibility index (Phi) is 6.87. The molecule has 0 aromatic heterocycles. The van der Waals surface area contributed by atoms with Crippen LogP contribution in [0.2, 0.25) is 0 Å². The Hall–Kier alpha value is -1.56. The number of benzene rings is 2. The van der Waals surface area contributed by atoms with Crippen LogP contribution in [0, 0.1) is 0 Å². The highest BCUT2D eigenvalue weighted by molar-refractivity contribution is 5.85. The predicted molar refractivity (Wildman–Crippen MR) is 94.2 cm³/mol. The summed E-state index contributed by atoms with van der Waals surface area (Å²) in [4.78, 5) is 0. The summed E-state index contributed by atoms with van der Waals surface area (Å²) in [7, 11) is 0. The molecule has 0 radical (unpaired) electrons. The second-order valence-electron chi connectivity index (χ2n) is 5.99. The fourth-order valence-corrected chi connectivity index (χ4v) is 3.22. The van der Waals surface area contributed by atoms with Gasteiger partial charge in [0.1, 0.15) is 0 Å². The van der Waals surface area contributed by atoms with Gasteiger partial charge in [-0.2, -0.15) is 13.2 Å². The lowest BCUT2D eigenvalue weighted by molar-refractivity contribution is -0.138. The minimum absolute atomic E-state index is 0. The molecule has 1 saturated heterocycles. The summed E-state index contributed by atoms with van der Waals surface area (Å²) in [5.41, 5.74) is 0.755. The van der Waals surface area contributed by atoms with E-state index in [2.05, 4.69) is 5.32 Å². The first-order valence-corrected chi connectivity index (χ1v) is 8.08. The van der Waals surface area contributed by atoms with Crippen molar-refractivity contribution in [3.63, 3.8) is 0 Å². The van der Waals surface area contributed by atoms with Crippen LogP contribution in [0.25, 0.3) is 0 Å². The molecule has 1 aliphatic heterocycles. The van der Waals surface area contributed by atoms with Crippen LogP contribution in [-0.4, -0.2) is 25.8 Å². The fourth-order valence-electron chi connectivity index (χ4n) is 3.22. The first-order chi connectivity index (χ1) is 11.6. The van der Waals surface area contributed by atoms with Crippen molar-refractivity contribution in [1.29, 1.82) is 0 Å². The summed E-state index contributed by atoms with van der Waals surface area (Å²) < 4.78 is 45.7. The fraction of sp³-hybridized carbons (Fsp3) is 0.368. The molecular weight excluding hydrogens is 351 g/mol. The lowest BCUT2D eigenvalue weighted by Gasteiger charge is -2.32. The molecule has 0 amide bonds. The Balaban J connectivity index is 0.00000225. The first kappa shape index (κ1) is 19.8. The van der Waals surface area contributed by atoms with Crippen molar-refractivity contribution < 1.29 is 17.9 Å². The van der Waals surface area contributed by atoms with E-state index in [4.69, 9.17) is 4.74 Å². The molecule has 1 N–H and O–H groups in total. The molecule has 0 bridgehead atoms. The van der Waals surface area contributed by atoms with E-state index in [0.29, 0.717) is 25.1 Å². The molecule has 6 heteroatoms. The molecule has 3 rings (SSSR count). The molecule has 25 heavy (non-hydrogen) atoms. The van der Waals surface area contributed by atoms with Gasteiger partial charge in [0.15, 0.2) is 0 Å². The molecule has 1 fully saturated rings. The quantitative estimate of drug-likeness (QED) is 0.857. The molecule has 0 unspecified atom stereocenters. The van der Waals surface area contributed by atoms with Crippen LogP contribution >= 0.6 is 12.4 Å². The lowest BCUT2D eigenvalue weighted by Crippen LogP contribution is -2.42. The molecule has 2 atom stereocenters. The minimum atomic E-state index is -4.34. The van der Waals surface area contributed by atoms with Crippen LogP contribution < -0.4 is 5.32 Å². The zero-order valence-electron chi connectivity index (χ0n) is 13.6. The highest BCUT2D eigenvalue weighted by atomic mass is 35.5. The second kappa shape index (κ2) is 8.70. The van der Waals surface area contributed by atoms with E-state index in [1.165, 1.54) is 6.07 Å².